The zero-order valence-electron chi connectivity index (χ0n) is 10.6. The van der Waals surface area contributed by atoms with Gasteiger partial charge in [-0.2, -0.15) is 15.8 Å². The summed E-state index contributed by atoms with van der Waals surface area (Å²) in [5, 5.41) is 35.0. The van der Waals surface area contributed by atoms with Crippen molar-refractivity contribution in [1.29, 1.82) is 15.8 Å². The minimum atomic E-state index is -2.03. The third-order valence-electron chi connectivity index (χ3n) is 2.51. The first-order valence-corrected chi connectivity index (χ1v) is 6.44. The maximum atomic E-state index is 9.15. The van der Waals surface area contributed by atoms with Crippen molar-refractivity contribution in [2.75, 3.05) is 0 Å². The summed E-state index contributed by atoms with van der Waals surface area (Å²) < 4.78 is 0. The molecule has 2 rings (SSSR count). The Bertz CT molecular complexity index is 757. The van der Waals surface area contributed by atoms with Gasteiger partial charge >= 0.3 is 0 Å². The molecule has 1 aliphatic heterocycles. The Kier molecular flexibility index (Phi) is 3.99. The number of rotatable bonds is 1. The number of hydrogen-bond donors (Lipinski definition) is 1. The lowest BCUT2D eigenvalue weighted by atomic mass is 9.96. The third kappa shape index (κ3) is 2.74. The monoisotopic (exact) mass is 293 g/mol. The molecule has 0 unspecified atom stereocenters. The molecule has 2 N–H and O–H groups in total. The van der Waals surface area contributed by atoms with Gasteiger partial charge in [-0.05, 0) is 23.9 Å². The van der Waals surface area contributed by atoms with Gasteiger partial charge in [0.1, 0.15) is 23.8 Å². The average molecular weight is 293 g/mol. The Labute approximate surface area is 124 Å². The van der Waals surface area contributed by atoms with E-state index >= 15 is 0 Å². The largest absolute Gasteiger partial charge is 0.392 e. The van der Waals surface area contributed by atoms with Gasteiger partial charge < -0.3 is 5.73 Å². The number of aliphatic imine (C=N–C) groups is 1. The number of nitrogens with two attached hydrogens (primary N) is 1. The summed E-state index contributed by atoms with van der Waals surface area (Å²) in [5.41, 5.74) is 4.13. The Morgan fingerprint density at radius 3 is 2.38 bits per heavy atom. The van der Waals surface area contributed by atoms with Gasteiger partial charge in [0.15, 0.2) is 0 Å². The lowest BCUT2D eigenvalue weighted by Gasteiger charge is -2.09. The van der Waals surface area contributed by atoms with Crippen LogP contribution in [0.2, 0.25) is 0 Å². The summed E-state index contributed by atoms with van der Waals surface area (Å²) in [4.78, 5) is 4.21. The van der Waals surface area contributed by atoms with E-state index in [-0.39, 0.29) is 15.8 Å². The van der Waals surface area contributed by atoms with E-state index < -0.39 is 5.54 Å². The molecule has 1 heterocycles. The summed E-state index contributed by atoms with van der Waals surface area (Å²) in [7, 11) is 0. The van der Waals surface area contributed by atoms with Crippen LogP contribution in [-0.4, -0.2) is 10.7 Å². The highest BCUT2D eigenvalue weighted by molar-refractivity contribution is 8.17. The summed E-state index contributed by atoms with van der Waals surface area (Å²) in [5.74, 6) is 0. The van der Waals surface area contributed by atoms with Crippen LogP contribution in [-0.2, 0) is 0 Å². The molecule has 0 aliphatic carbocycles. The number of benzene rings is 1. The zero-order valence-corrected chi connectivity index (χ0v) is 11.4. The molecule has 21 heavy (non-hydrogen) atoms. The van der Waals surface area contributed by atoms with E-state index in [4.69, 9.17) is 21.5 Å². The number of hydrogen-bond acceptors (Lipinski definition) is 7. The molecule has 0 radical (unpaired) electrons. The van der Waals surface area contributed by atoms with Gasteiger partial charge in [0.25, 0.3) is 5.54 Å². The predicted octanol–water partition coefficient (Wildman–Crippen LogP) is 2.35. The molecule has 1 aromatic rings. The maximum absolute atomic E-state index is 9.15. The van der Waals surface area contributed by atoms with Gasteiger partial charge in [-0.15, -0.1) is 10.2 Å². The second-order valence-corrected chi connectivity index (χ2v) is 4.83. The number of azo groups is 1. The Morgan fingerprint density at radius 2 is 1.81 bits per heavy atom. The first-order chi connectivity index (χ1) is 10.1. The molecule has 0 fully saturated rings. The molecule has 0 atom stereocenters. The van der Waals surface area contributed by atoms with Crippen LogP contribution in [0.1, 0.15) is 0 Å². The molecule has 7 nitrogen and oxygen atoms in total. The van der Waals surface area contributed by atoms with Gasteiger partial charge in [0.05, 0.1) is 10.7 Å². The average Bonchev–Trinajstić information content (AvgIpc) is 2.64. The second kappa shape index (κ2) is 5.87. The fourth-order valence-electron chi connectivity index (χ4n) is 1.49. The number of para-hydroxylation sites is 1. The van der Waals surface area contributed by atoms with Gasteiger partial charge in [-0.25, -0.2) is 4.99 Å². The smallest absolute Gasteiger partial charge is 0.289 e. The van der Waals surface area contributed by atoms with Crippen LogP contribution in [0.15, 0.2) is 56.2 Å². The van der Waals surface area contributed by atoms with Gasteiger partial charge in [0.2, 0.25) is 5.17 Å². The molecule has 100 valence electrons. The summed E-state index contributed by atoms with van der Waals surface area (Å²) in [6, 6.07) is 14.0. The Balaban J connectivity index is 2.54. The van der Waals surface area contributed by atoms with E-state index in [2.05, 4.69) is 15.2 Å². The van der Waals surface area contributed by atoms with E-state index in [1.54, 1.807) is 42.5 Å². The van der Waals surface area contributed by atoms with Crippen LogP contribution in [0.25, 0.3) is 0 Å². The summed E-state index contributed by atoms with van der Waals surface area (Å²) >= 11 is 0.890. The minimum absolute atomic E-state index is 0.0136. The molecule has 8 heteroatoms. The number of amidine groups is 1. The van der Waals surface area contributed by atoms with Crippen LogP contribution in [0, 0.1) is 34.0 Å². The molecule has 0 amide bonds. The van der Waals surface area contributed by atoms with E-state index in [0.29, 0.717) is 5.69 Å². The van der Waals surface area contributed by atoms with E-state index in [1.165, 1.54) is 0 Å². The number of nitriles is 3. The molecule has 0 saturated carbocycles. The minimum Gasteiger partial charge on any atom is -0.392 e. The van der Waals surface area contributed by atoms with Crippen molar-refractivity contribution in [1.82, 2.24) is 0 Å². The fraction of sp³-hybridized carbons (Fsp3) is 0.0769. The molecular formula is C13H7N7S. The first kappa shape index (κ1) is 14.3. The van der Waals surface area contributed by atoms with E-state index in [1.807, 2.05) is 6.07 Å². The van der Waals surface area contributed by atoms with Crippen molar-refractivity contribution in [2.24, 2.45) is 21.0 Å². The molecule has 1 aliphatic rings. The molecule has 1 aromatic carbocycles. The molecule has 0 aromatic heterocycles. The molecule has 0 spiro atoms. The van der Waals surface area contributed by atoms with E-state index in [9.17, 15) is 0 Å². The lowest BCUT2D eigenvalue weighted by molar-refractivity contribution is 0.772. The van der Waals surface area contributed by atoms with Crippen LogP contribution in [0.4, 0.5) is 5.69 Å². The van der Waals surface area contributed by atoms with Crippen molar-refractivity contribution in [2.45, 2.75) is 5.54 Å². The Morgan fingerprint density at radius 1 is 1.14 bits per heavy atom. The quantitative estimate of drug-likeness (QED) is 0.847. The number of nitrogens with zero attached hydrogens (tertiary/aromatic N) is 6. The molecular weight excluding hydrogens is 286 g/mol. The van der Waals surface area contributed by atoms with Crippen molar-refractivity contribution >= 4 is 22.6 Å². The topological polar surface area (TPSA) is 134 Å². The third-order valence-corrected chi connectivity index (χ3v) is 3.29. The highest BCUT2D eigenvalue weighted by Gasteiger charge is 2.40. The van der Waals surface area contributed by atoms with Crippen molar-refractivity contribution in [3.8, 4) is 18.2 Å². The SMILES string of the molecule is N#CC1=C(N)SC(=Nc2ccccc2)N=NC1(C#N)C#N. The lowest BCUT2D eigenvalue weighted by Crippen LogP contribution is -2.25. The van der Waals surface area contributed by atoms with Gasteiger partial charge in [-0.1, -0.05) is 18.2 Å². The van der Waals surface area contributed by atoms with Crippen molar-refractivity contribution in [3.63, 3.8) is 0 Å². The molecule has 0 saturated heterocycles. The highest BCUT2D eigenvalue weighted by Crippen LogP contribution is 2.32. The van der Waals surface area contributed by atoms with Gasteiger partial charge in [-0.3, -0.25) is 0 Å². The summed E-state index contributed by atoms with van der Waals surface area (Å²) in [6.45, 7) is 0. The van der Waals surface area contributed by atoms with Crippen molar-refractivity contribution < 1.29 is 0 Å². The second-order valence-electron chi connectivity index (χ2n) is 3.82. The Hall–Kier alpha value is -3.15. The van der Waals surface area contributed by atoms with Crippen molar-refractivity contribution in [3.05, 3.63) is 40.9 Å². The maximum Gasteiger partial charge on any atom is 0.289 e. The van der Waals surface area contributed by atoms with E-state index in [0.717, 1.165) is 11.8 Å². The standard InChI is InChI=1S/C13H7N7S/c14-6-10-11(17)21-12(18-9-4-2-1-3-5-9)19-20-13(10,7-15)8-16/h1-5H,17H2. The normalized spacial score (nSPS) is 18.4. The van der Waals surface area contributed by atoms with Crippen LogP contribution >= 0.6 is 11.8 Å². The van der Waals surface area contributed by atoms with Crippen LogP contribution in [0.3, 0.4) is 0 Å². The molecule has 0 bridgehead atoms. The highest BCUT2D eigenvalue weighted by atomic mass is 32.2. The predicted molar refractivity (Wildman–Crippen MR) is 76.8 cm³/mol. The van der Waals surface area contributed by atoms with Crippen LogP contribution < -0.4 is 5.73 Å². The first-order valence-electron chi connectivity index (χ1n) is 5.62. The number of thioether (sulfide) groups is 1. The van der Waals surface area contributed by atoms with Gasteiger partial charge in [0, 0.05) is 0 Å². The zero-order chi connectivity index (χ0) is 15.3. The fourth-order valence-corrected chi connectivity index (χ4v) is 2.22. The van der Waals surface area contributed by atoms with Crippen LogP contribution in [0.5, 0.6) is 0 Å². The summed E-state index contributed by atoms with van der Waals surface area (Å²) in [6.07, 6.45) is 0.